The monoisotopic (exact) mass is 285 g/mol. The minimum atomic E-state index is 0.462. The SMILES string of the molecule is CCCC(CS)(CCC)CN1CCC(CC)(CC)C1. The van der Waals surface area contributed by atoms with Gasteiger partial charge in [-0.3, -0.25) is 0 Å². The number of nitrogens with zero attached hydrogens (tertiary/aromatic N) is 1. The van der Waals surface area contributed by atoms with Crippen LogP contribution >= 0.6 is 12.6 Å². The minimum Gasteiger partial charge on any atom is -0.302 e. The number of thiol groups is 1. The molecule has 0 amide bonds. The number of rotatable bonds is 9. The van der Waals surface area contributed by atoms with E-state index in [1.54, 1.807) is 0 Å². The van der Waals surface area contributed by atoms with Crippen LogP contribution in [0.15, 0.2) is 0 Å². The Morgan fingerprint density at radius 1 is 1.05 bits per heavy atom. The average Bonchev–Trinajstić information content (AvgIpc) is 2.83. The first-order valence-corrected chi connectivity index (χ1v) is 9.05. The number of hydrogen-bond acceptors (Lipinski definition) is 2. The van der Waals surface area contributed by atoms with Gasteiger partial charge >= 0.3 is 0 Å². The third-order valence-corrected chi connectivity index (χ3v) is 6.14. The van der Waals surface area contributed by atoms with Crippen molar-refractivity contribution in [2.75, 3.05) is 25.4 Å². The van der Waals surface area contributed by atoms with E-state index in [4.69, 9.17) is 12.6 Å². The molecule has 0 aliphatic carbocycles. The molecule has 0 spiro atoms. The first-order valence-electron chi connectivity index (χ1n) is 8.42. The number of likely N-dealkylation sites (tertiary alicyclic amines) is 1. The van der Waals surface area contributed by atoms with Crippen LogP contribution < -0.4 is 0 Å². The summed E-state index contributed by atoms with van der Waals surface area (Å²) in [5.41, 5.74) is 1.07. The Kier molecular flexibility index (Phi) is 7.24. The number of hydrogen-bond donors (Lipinski definition) is 1. The minimum absolute atomic E-state index is 0.462. The normalized spacial score (nSPS) is 20.1. The van der Waals surface area contributed by atoms with E-state index >= 15 is 0 Å². The zero-order valence-electron chi connectivity index (χ0n) is 13.7. The van der Waals surface area contributed by atoms with Gasteiger partial charge in [-0.15, -0.1) is 0 Å². The molecule has 0 aromatic carbocycles. The summed E-state index contributed by atoms with van der Waals surface area (Å²) in [4.78, 5) is 2.74. The molecule has 0 radical (unpaired) electrons. The van der Waals surface area contributed by atoms with E-state index in [1.807, 2.05) is 0 Å². The molecule has 0 saturated carbocycles. The second-order valence-corrected chi connectivity index (χ2v) is 7.14. The molecule has 1 nitrogen and oxygen atoms in total. The maximum absolute atomic E-state index is 4.70. The van der Waals surface area contributed by atoms with E-state index in [0.29, 0.717) is 10.8 Å². The molecule has 0 aromatic rings. The third-order valence-electron chi connectivity index (χ3n) is 5.47. The molecule has 1 rings (SSSR count). The van der Waals surface area contributed by atoms with Gasteiger partial charge in [-0.05, 0) is 55.2 Å². The lowest BCUT2D eigenvalue weighted by atomic mass is 9.80. The molecule has 1 saturated heterocycles. The van der Waals surface area contributed by atoms with Gasteiger partial charge in [-0.25, -0.2) is 0 Å². The summed E-state index contributed by atoms with van der Waals surface area (Å²) in [6.07, 6.45) is 9.35. The van der Waals surface area contributed by atoms with Gasteiger partial charge in [0.25, 0.3) is 0 Å². The molecule has 114 valence electrons. The van der Waals surface area contributed by atoms with Crippen LogP contribution in [0.4, 0.5) is 0 Å². The zero-order valence-corrected chi connectivity index (χ0v) is 14.6. The van der Waals surface area contributed by atoms with Crippen molar-refractivity contribution in [3.63, 3.8) is 0 Å². The van der Waals surface area contributed by atoms with Gasteiger partial charge in [-0.2, -0.15) is 12.6 Å². The highest BCUT2D eigenvalue weighted by Crippen LogP contribution is 2.40. The first kappa shape index (κ1) is 17.4. The van der Waals surface area contributed by atoms with Crippen molar-refractivity contribution in [3.8, 4) is 0 Å². The van der Waals surface area contributed by atoms with Crippen molar-refractivity contribution in [3.05, 3.63) is 0 Å². The standard InChI is InChI=1S/C17H35NS/c1-5-9-17(15-19,10-6-2)14-18-12-11-16(7-3,8-4)13-18/h19H,5-15H2,1-4H3. The van der Waals surface area contributed by atoms with Gasteiger partial charge in [0, 0.05) is 13.1 Å². The van der Waals surface area contributed by atoms with Crippen LogP contribution in [-0.2, 0) is 0 Å². The summed E-state index contributed by atoms with van der Waals surface area (Å²) in [7, 11) is 0. The van der Waals surface area contributed by atoms with Gasteiger partial charge < -0.3 is 4.90 Å². The molecule has 0 unspecified atom stereocenters. The van der Waals surface area contributed by atoms with Crippen LogP contribution in [0.5, 0.6) is 0 Å². The lowest BCUT2D eigenvalue weighted by molar-refractivity contribution is 0.150. The molecular formula is C17H35NS. The molecule has 1 aliphatic heterocycles. The fourth-order valence-corrected chi connectivity index (χ4v) is 4.43. The van der Waals surface area contributed by atoms with Crippen molar-refractivity contribution in [2.24, 2.45) is 10.8 Å². The zero-order chi connectivity index (χ0) is 14.4. The van der Waals surface area contributed by atoms with Crippen molar-refractivity contribution in [1.29, 1.82) is 0 Å². The van der Waals surface area contributed by atoms with Crippen LogP contribution in [-0.4, -0.2) is 30.3 Å². The van der Waals surface area contributed by atoms with E-state index in [-0.39, 0.29) is 0 Å². The predicted octanol–water partition coefficient (Wildman–Crippen LogP) is 5.01. The van der Waals surface area contributed by atoms with Crippen LogP contribution in [0.25, 0.3) is 0 Å². The van der Waals surface area contributed by atoms with E-state index in [1.165, 1.54) is 64.6 Å². The quantitative estimate of drug-likeness (QED) is 0.582. The third kappa shape index (κ3) is 4.39. The van der Waals surface area contributed by atoms with Crippen LogP contribution in [0.2, 0.25) is 0 Å². The Bertz CT molecular complexity index is 242. The van der Waals surface area contributed by atoms with Crippen molar-refractivity contribution in [2.45, 2.75) is 72.6 Å². The van der Waals surface area contributed by atoms with Gasteiger partial charge in [0.1, 0.15) is 0 Å². The highest BCUT2D eigenvalue weighted by molar-refractivity contribution is 7.80. The molecular weight excluding hydrogens is 250 g/mol. The maximum atomic E-state index is 4.70. The Hall–Kier alpha value is 0.310. The van der Waals surface area contributed by atoms with E-state index in [0.717, 1.165) is 5.75 Å². The van der Waals surface area contributed by atoms with Gasteiger partial charge in [0.15, 0.2) is 0 Å². The predicted molar refractivity (Wildman–Crippen MR) is 90.2 cm³/mol. The summed E-state index contributed by atoms with van der Waals surface area (Å²) < 4.78 is 0. The average molecular weight is 286 g/mol. The largest absolute Gasteiger partial charge is 0.302 e. The van der Waals surface area contributed by atoms with Crippen molar-refractivity contribution in [1.82, 2.24) is 4.90 Å². The molecule has 0 atom stereocenters. The lowest BCUT2D eigenvalue weighted by Gasteiger charge is -2.37. The summed E-state index contributed by atoms with van der Waals surface area (Å²) in [5, 5.41) is 0. The molecule has 1 fully saturated rings. The summed E-state index contributed by atoms with van der Waals surface area (Å²) in [6.45, 7) is 13.3. The highest BCUT2D eigenvalue weighted by Gasteiger charge is 2.38. The molecule has 1 aliphatic rings. The molecule has 0 aromatic heterocycles. The second-order valence-electron chi connectivity index (χ2n) is 6.83. The maximum Gasteiger partial charge on any atom is 0.00460 e. The van der Waals surface area contributed by atoms with E-state index < -0.39 is 0 Å². The Morgan fingerprint density at radius 2 is 1.63 bits per heavy atom. The van der Waals surface area contributed by atoms with Crippen LogP contribution in [0.1, 0.15) is 72.6 Å². The Morgan fingerprint density at radius 3 is 2.00 bits per heavy atom. The fraction of sp³-hybridized carbons (Fsp3) is 1.00. The van der Waals surface area contributed by atoms with Gasteiger partial charge in [-0.1, -0.05) is 40.5 Å². The summed E-state index contributed by atoms with van der Waals surface area (Å²) in [6, 6.07) is 0. The smallest absolute Gasteiger partial charge is 0.00460 e. The lowest BCUT2D eigenvalue weighted by Crippen LogP contribution is -2.39. The van der Waals surface area contributed by atoms with E-state index in [9.17, 15) is 0 Å². The Balaban J connectivity index is 2.65. The summed E-state index contributed by atoms with van der Waals surface area (Å²) >= 11 is 4.70. The van der Waals surface area contributed by atoms with Gasteiger partial charge in [0.2, 0.25) is 0 Å². The fourth-order valence-electron chi connectivity index (χ4n) is 4.02. The molecule has 2 heteroatoms. The molecule has 0 bridgehead atoms. The Labute approximate surface area is 126 Å². The first-order chi connectivity index (χ1) is 9.09. The van der Waals surface area contributed by atoms with E-state index in [2.05, 4.69) is 32.6 Å². The van der Waals surface area contributed by atoms with Crippen molar-refractivity contribution < 1.29 is 0 Å². The summed E-state index contributed by atoms with van der Waals surface area (Å²) in [5.74, 6) is 1.05. The highest BCUT2D eigenvalue weighted by atomic mass is 32.1. The molecule has 19 heavy (non-hydrogen) atoms. The van der Waals surface area contributed by atoms with Crippen molar-refractivity contribution >= 4 is 12.6 Å². The van der Waals surface area contributed by atoms with Gasteiger partial charge in [0.05, 0.1) is 0 Å². The topological polar surface area (TPSA) is 3.24 Å². The molecule has 1 heterocycles. The van der Waals surface area contributed by atoms with Crippen LogP contribution in [0, 0.1) is 10.8 Å². The van der Waals surface area contributed by atoms with Crippen LogP contribution in [0.3, 0.4) is 0 Å². The second kappa shape index (κ2) is 7.93. The molecule has 0 N–H and O–H groups in total.